The number of anilines is 1. The number of para-hydroxylation sites is 1. The molecule has 0 atom stereocenters. The van der Waals surface area contributed by atoms with Crippen molar-refractivity contribution in [3.63, 3.8) is 0 Å². The highest BCUT2D eigenvalue weighted by Crippen LogP contribution is 2.32. The van der Waals surface area contributed by atoms with E-state index in [1.54, 1.807) is 23.1 Å². The number of aryl methyl sites for hydroxylation is 1. The predicted octanol–water partition coefficient (Wildman–Crippen LogP) is 7.12. The van der Waals surface area contributed by atoms with Gasteiger partial charge in [-0.3, -0.25) is 4.79 Å². The molecule has 9 heteroatoms. The first-order valence-electron chi connectivity index (χ1n) is 14.7. The van der Waals surface area contributed by atoms with E-state index >= 15 is 0 Å². The van der Waals surface area contributed by atoms with Crippen molar-refractivity contribution >= 4 is 34.8 Å². The highest BCUT2D eigenvalue weighted by atomic mass is 16.7. The number of benzene rings is 4. The van der Waals surface area contributed by atoms with Crippen LogP contribution in [0.15, 0.2) is 97.1 Å². The third-order valence-electron chi connectivity index (χ3n) is 7.77. The number of carbonyl (C=O) groups excluding carboxylic acids is 2. The van der Waals surface area contributed by atoms with E-state index in [9.17, 15) is 14.4 Å². The summed E-state index contributed by atoms with van der Waals surface area (Å²) < 4.78 is 7.12. The van der Waals surface area contributed by atoms with E-state index in [4.69, 9.17) is 14.8 Å². The van der Waals surface area contributed by atoms with Crippen LogP contribution >= 0.6 is 0 Å². The molecule has 222 valence electrons. The van der Waals surface area contributed by atoms with Gasteiger partial charge in [-0.05, 0) is 47.4 Å². The predicted molar refractivity (Wildman–Crippen MR) is 168 cm³/mol. The van der Waals surface area contributed by atoms with Crippen LogP contribution < -0.4 is 9.64 Å². The molecular formula is C35H32N4O5. The number of amides is 3. The number of hydrogen-bond acceptors (Lipinski definition) is 5. The van der Waals surface area contributed by atoms with Crippen LogP contribution in [0.3, 0.4) is 0 Å². The molecule has 6 rings (SSSR count). The molecule has 1 aromatic heterocycles. The van der Waals surface area contributed by atoms with E-state index in [0.29, 0.717) is 24.3 Å². The number of urea groups is 1. The van der Waals surface area contributed by atoms with Crippen molar-refractivity contribution in [1.29, 1.82) is 0 Å². The van der Waals surface area contributed by atoms with E-state index < -0.39 is 6.16 Å². The van der Waals surface area contributed by atoms with Gasteiger partial charge < -0.3 is 19.3 Å². The van der Waals surface area contributed by atoms with Crippen LogP contribution in [0, 0.1) is 0 Å². The summed E-state index contributed by atoms with van der Waals surface area (Å²) in [5.41, 5.74) is 5.68. The smallest absolute Gasteiger partial charge is 0.449 e. The zero-order chi connectivity index (χ0) is 30.6. The van der Waals surface area contributed by atoms with Gasteiger partial charge in [0.1, 0.15) is 18.1 Å². The summed E-state index contributed by atoms with van der Waals surface area (Å²) >= 11 is 0. The van der Waals surface area contributed by atoms with Crippen molar-refractivity contribution in [3.05, 3.63) is 114 Å². The first-order valence-corrected chi connectivity index (χ1v) is 14.7. The van der Waals surface area contributed by atoms with Crippen LogP contribution in [0.1, 0.15) is 36.7 Å². The Morgan fingerprint density at radius 2 is 1.61 bits per heavy atom. The van der Waals surface area contributed by atoms with Gasteiger partial charge in [0.2, 0.25) is 0 Å². The topological polar surface area (TPSA) is 105 Å². The second-order valence-electron chi connectivity index (χ2n) is 10.8. The Hall–Kier alpha value is -5.44. The zero-order valence-electron chi connectivity index (χ0n) is 24.3. The molecule has 2 heterocycles. The highest BCUT2D eigenvalue weighted by molar-refractivity contribution is 6.20. The maximum atomic E-state index is 13.4. The molecule has 3 amide bonds. The third-order valence-corrected chi connectivity index (χ3v) is 7.77. The first kappa shape index (κ1) is 28.7. The standard InChI is InChI=1S/C35H32N4O5/c1-2-3-13-32-36-29-19-18-27(39-33(40)23-37(34(39)41)21-24-9-5-4-6-10-24)20-30(29)38(32)22-25-14-16-26(17-15-25)28-11-7-8-12-31(28)44-35(42)43/h4-12,14-20H,2-3,13,21-23H2,1H3,(H,42,43). The minimum Gasteiger partial charge on any atom is -0.449 e. The SMILES string of the molecule is CCCCc1nc2ccc(N3C(=O)CN(Cc4ccccc4)C3=O)cc2n1Cc1ccc(-c2ccccc2OC(=O)O)cc1. The summed E-state index contributed by atoms with van der Waals surface area (Å²) in [6.45, 7) is 3.07. The number of carbonyl (C=O) groups is 3. The van der Waals surface area contributed by atoms with Gasteiger partial charge in [-0.25, -0.2) is 19.5 Å². The maximum absolute atomic E-state index is 13.4. The molecular weight excluding hydrogens is 556 g/mol. The molecule has 1 N–H and O–H groups in total. The van der Waals surface area contributed by atoms with Gasteiger partial charge in [-0.15, -0.1) is 0 Å². The molecule has 0 spiro atoms. The Morgan fingerprint density at radius 1 is 0.886 bits per heavy atom. The Balaban J connectivity index is 1.30. The molecule has 5 aromatic rings. The molecule has 44 heavy (non-hydrogen) atoms. The number of hydrogen-bond donors (Lipinski definition) is 1. The van der Waals surface area contributed by atoms with Gasteiger partial charge in [0.05, 0.1) is 16.7 Å². The number of imide groups is 1. The number of rotatable bonds is 10. The molecule has 1 saturated heterocycles. The van der Waals surface area contributed by atoms with Gasteiger partial charge in [-0.1, -0.05) is 86.1 Å². The van der Waals surface area contributed by atoms with Gasteiger partial charge >= 0.3 is 12.2 Å². The van der Waals surface area contributed by atoms with E-state index in [-0.39, 0.29) is 24.2 Å². The fourth-order valence-electron chi connectivity index (χ4n) is 5.59. The van der Waals surface area contributed by atoms with Crippen molar-refractivity contribution < 1.29 is 24.2 Å². The lowest BCUT2D eigenvalue weighted by Crippen LogP contribution is -2.32. The van der Waals surface area contributed by atoms with Gasteiger partial charge in [0.15, 0.2) is 0 Å². The van der Waals surface area contributed by atoms with Crippen molar-refractivity contribution in [3.8, 4) is 16.9 Å². The summed E-state index contributed by atoms with van der Waals surface area (Å²) in [4.78, 5) is 45.4. The van der Waals surface area contributed by atoms with Gasteiger partial charge in [-0.2, -0.15) is 0 Å². The monoisotopic (exact) mass is 588 g/mol. The van der Waals surface area contributed by atoms with Crippen LogP contribution in [0.5, 0.6) is 5.75 Å². The van der Waals surface area contributed by atoms with Gasteiger partial charge in [0.25, 0.3) is 5.91 Å². The lowest BCUT2D eigenvalue weighted by molar-refractivity contribution is -0.116. The van der Waals surface area contributed by atoms with E-state index in [2.05, 4.69) is 11.5 Å². The Bertz CT molecular complexity index is 1830. The summed E-state index contributed by atoms with van der Waals surface area (Å²) in [6.07, 6.45) is 1.44. The minimum absolute atomic E-state index is 0.0275. The Morgan fingerprint density at radius 3 is 2.36 bits per heavy atom. The molecule has 1 aliphatic heterocycles. The summed E-state index contributed by atoms with van der Waals surface area (Å²) in [5.74, 6) is 0.953. The van der Waals surface area contributed by atoms with E-state index in [0.717, 1.165) is 52.8 Å². The van der Waals surface area contributed by atoms with Crippen LogP contribution in [-0.2, 0) is 24.3 Å². The van der Waals surface area contributed by atoms with Crippen LogP contribution in [0.4, 0.5) is 15.3 Å². The van der Waals surface area contributed by atoms with Crippen LogP contribution in [-0.4, -0.2) is 44.2 Å². The molecule has 0 unspecified atom stereocenters. The largest absolute Gasteiger partial charge is 0.511 e. The quantitative estimate of drug-likeness (QED) is 0.106. The Labute approximate surface area is 254 Å². The molecule has 0 bridgehead atoms. The fraction of sp³-hybridized carbons (Fsp3) is 0.200. The summed E-state index contributed by atoms with van der Waals surface area (Å²) in [7, 11) is 0. The summed E-state index contributed by atoms with van der Waals surface area (Å²) in [5, 5.41) is 9.12. The van der Waals surface area contributed by atoms with Crippen molar-refractivity contribution in [1.82, 2.24) is 14.5 Å². The number of unbranched alkanes of at least 4 members (excludes halogenated alkanes) is 1. The number of imidazole rings is 1. The lowest BCUT2D eigenvalue weighted by atomic mass is 10.0. The molecule has 0 radical (unpaired) electrons. The van der Waals surface area contributed by atoms with Crippen LogP contribution in [0.25, 0.3) is 22.2 Å². The average Bonchev–Trinajstić information content (AvgIpc) is 3.51. The minimum atomic E-state index is -1.36. The number of aromatic nitrogens is 2. The number of nitrogens with zero attached hydrogens (tertiary/aromatic N) is 4. The van der Waals surface area contributed by atoms with E-state index in [1.807, 2.05) is 78.9 Å². The number of carboxylic acid groups (broad SMARTS) is 1. The molecule has 1 fully saturated rings. The van der Waals surface area contributed by atoms with Crippen LogP contribution in [0.2, 0.25) is 0 Å². The normalized spacial score (nSPS) is 13.2. The van der Waals surface area contributed by atoms with Gasteiger partial charge in [0, 0.05) is 25.1 Å². The third kappa shape index (κ3) is 5.89. The number of ether oxygens (including phenoxy) is 1. The molecule has 0 aliphatic carbocycles. The first-order chi connectivity index (χ1) is 21.4. The second kappa shape index (κ2) is 12.4. The summed E-state index contributed by atoms with van der Waals surface area (Å²) in [6, 6.07) is 29.8. The van der Waals surface area contributed by atoms with Crippen molar-refractivity contribution in [2.75, 3.05) is 11.4 Å². The fourth-order valence-corrected chi connectivity index (χ4v) is 5.59. The molecule has 4 aromatic carbocycles. The molecule has 0 saturated carbocycles. The number of fused-ring (bicyclic) bond motifs is 1. The lowest BCUT2D eigenvalue weighted by Gasteiger charge is -2.17. The molecule has 9 nitrogen and oxygen atoms in total. The highest BCUT2D eigenvalue weighted by Gasteiger charge is 2.37. The second-order valence-corrected chi connectivity index (χ2v) is 10.8. The van der Waals surface area contributed by atoms with E-state index in [1.165, 1.54) is 4.90 Å². The Kier molecular flexibility index (Phi) is 8.10. The average molecular weight is 589 g/mol. The maximum Gasteiger partial charge on any atom is 0.511 e. The molecule has 1 aliphatic rings. The zero-order valence-corrected chi connectivity index (χ0v) is 24.3. The van der Waals surface area contributed by atoms with Crippen molar-refractivity contribution in [2.24, 2.45) is 0 Å². The van der Waals surface area contributed by atoms with Crippen molar-refractivity contribution in [2.45, 2.75) is 39.3 Å².